The van der Waals surface area contributed by atoms with Gasteiger partial charge in [-0.2, -0.15) is 0 Å². The van der Waals surface area contributed by atoms with Crippen LogP contribution in [0.2, 0.25) is 0 Å². The number of hydrogen-bond acceptors (Lipinski definition) is 2. The largest absolute Gasteiger partial charge is 0.342 e. The number of rotatable bonds is 1. The molecule has 1 N–H and O–H groups in total. The van der Waals surface area contributed by atoms with Crippen LogP contribution in [0.1, 0.15) is 20.3 Å². The Hall–Kier alpha value is -1.50. The van der Waals surface area contributed by atoms with Crippen LogP contribution in [0.4, 0.5) is 14.5 Å². The van der Waals surface area contributed by atoms with Crippen molar-refractivity contribution in [2.75, 3.05) is 11.4 Å². The Morgan fingerprint density at radius 2 is 1.90 bits per heavy atom. The summed E-state index contributed by atoms with van der Waals surface area (Å²) in [6, 6.07) is 1.91. The maximum atomic E-state index is 13.9. The maximum absolute atomic E-state index is 13.9. The van der Waals surface area contributed by atoms with Gasteiger partial charge in [0, 0.05) is 19.0 Å². The number of carbonyl (C=O) groups excluding carboxylic acids is 2. The topological polar surface area (TPSA) is 49.4 Å². The Morgan fingerprint density at radius 3 is 2.55 bits per heavy atom. The summed E-state index contributed by atoms with van der Waals surface area (Å²) in [5.41, 5.74) is -1.19. The highest BCUT2D eigenvalue weighted by Crippen LogP contribution is 2.29. The van der Waals surface area contributed by atoms with E-state index in [0.29, 0.717) is 6.07 Å². The first-order chi connectivity index (χ1) is 9.22. The molecule has 0 spiro atoms. The van der Waals surface area contributed by atoms with Crippen molar-refractivity contribution in [3.63, 3.8) is 0 Å². The summed E-state index contributed by atoms with van der Waals surface area (Å²) >= 11 is 2.96. The summed E-state index contributed by atoms with van der Waals surface area (Å²) in [7, 11) is 0. The van der Waals surface area contributed by atoms with Crippen molar-refractivity contribution in [2.24, 2.45) is 0 Å². The molecule has 0 aromatic heterocycles. The van der Waals surface area contributed by atoms with Crippen LogP contribution in [0.25, 0.3) is 0 Å². The fourth-order valence-corrected chi connectivity index (χ4v) is 2.40. The lowest BCUT2D eigenvalue weighted by Gasteiger charge is -2.29. The fourth-order valence-electron chi connectivity index (χ4n) is 2.07. The third kappa shape index (κ3) is 2.67. The van der Waals surface area contributed by atoms with Crippen LogP contribution >= 0.6 is 15.9 Å². The predicted octanol–water partition coefficient (Wildman–Crippen LogP) is 2.36. The van der Waals surface area contributed by atoms with Gasteiger partial charge in [0.15, 0.2) is 0 Å². The van der Waals surface area contributed by atoms with E-state index in [1.54, 1.807) is 13.8 Å². The molecular formula is C13H13BrF2N2O2. The van der Waals surface area contributed by atoms with E-state index < -0.39 is 23.1 Å². The normalized spacial score (nSPS) is 18.8. The average molecular weight is 347 g/mol. The third-order valence-corrected chi connectivity index (χ3v) is 3.68. The summed E-state index contributed by atoms with van der Waals surface area (Å²) in [5.74, 6) is -2.32. The summed E-state index contributed by atoms with van der Waals surface area (Å²) in [4.78, 5) is 25.1. The first-order valence-corrected chi connectivity index (χ1v) is 6.79. The molecule has 0 aliphatic carbocycles. The molecule has 2 amide bonds. The van der Waals surface area contributed by atoms with Crippen molar-refractivity contribution in [1.29, 1.82) is 0 Å². The summed E-state index contributed by atoms with van der Waals surface area (Å²) in [6.07, 6.45) is 0.0591. The van der Waals surface area contributed by atoms with Gasteiger partial charge in [-0.3, -0.25) is 9.59 Å². The third-order valence-electron chi connectivity index (χ3n) is 3.07. The highest BCUT2D eigenvalue weighted by Gasteiger charge is 2.38. The van der Waals surface area contributed by atoms with E-state index in [9.17, 15) is 18.4 Å². The van der Waals surface area contributed by atoms with E-state index in [0.717, 1.165) is 4.90 Å². The molecule has 2 rings (SSSR count). The highest BCUT2D eigenvalue weighted by molar-refractivity contribution is 9.10. The fraction of sp³-hybridized carbons (Fsp3) is 0.385. The SMILES string of the molecule is CC1(C)NC(=O)CCN(c2cc(Br)c(F)cc2F)C1=O. The van der Waals surface area contributed by atoms with E-state index in [-0.39, 0.29) is 29.0 Å². The van der Waals surface area contributed by atoms with Gasteiger partial charge in [-0.1, -0.05) is 0 Å². The molecule has 1 saturated heterocycles. The van der Waals surface area contributed by atoms with Crippen LogP contribution < -0.4 is 10.2 Å². The average Bonchev–Trinajstić information content (AvgIpc) is 2.43. The molecule has 1 heterocycles. The van der Waals surface area contributed by atoms with Crippen LogP contribution in [0.5, 0.6) is 0 Å². The predicted molar refractivity (Wildman–Crippen MR) is 73.2 cm³/mol. The first-order valence-electron chi connectivity index (χ1n) is 6.00. The minimum atomic E-state index is -1.14. The molecule has 20 heavy (non-hydrogen) atoms. The van der Waals surface area contributed by atoms with Crippen molar-refractivity contribution in [2.45, 2.75) is 25.8 Å². The van der Waals surface area contributed by atoms with E-state index in [2.05, 4.69) is 21.2 Å². The van der Waals surface area contributed by atoms with Gasteiger partial charge in [0.25, 0.3) is 5.91 Å². The number of nitrogens with zero attached hydrogens (tertiary/aromatic N) is 1. The Balaban J connectivity index is 2.48. The second kappa shape index (κ2) is 5.12. The lowest BCUT2D eigenvalue weighted by molar-refractivity contribution is -0.128. The molecule has 1 aliphatic rings. The minimum Gasteiger partial charge on any atom is -0.342 e. The van der Waals surface area contributed by atoms with Gasteiger partial charge >= 0.3 is 0 Å². The second-order valence-corrected chi connectivity index (χ2v) is 5.95. The van der Waals surface area contributed by atoms with Gasteiger partial charge in [-0.25, -0.2) is 8.78 Å². The summed E-state index contributed by atoms with van der Waals surface area (Å²) in [5, 5.41) is 2.57. The van der Waals surface area contributed by atoms with Gasteiger partial charge in [0.1, 0.15) is 17.2 Å². The zero-order valence-electron chi connectivity index (χ0n) is 11.0. The van der Waals surface area contributed by atoms with Crippen molar-refractivity contribution < 1.29 is 18.4 Å². The maximum Gasteiger partial charge on any atom is 0.252 e. The molecule has 0 atom stereocenters. The quantitative estimate of drug-likeness (QED) is 0.793. The Bertz CT molecular complexity index is 590. The molecule has 4 nitrogen and oxygen atoms in total. The number of nitrogens with one attached hydrogen (secondary N) is 1. The van der Waals surface area contributed by atoms with Gasteiger partial charge in [-0.05, 0) is 35.8 Å². The number of amides is 2. The molecule has 1 aliphatic heterocycles. The number of halogens is 3. The summed E-state index contributed by atoms with van der Waals surface area (Å²) < 4.78 is 27.2. The molecule has 7 heteroatoms. The summed E-state index contributed by atoms with van der Waals surface area (Å²) in [6.45, 7) is 3.13. The zero-order chi connectivity index (χ0) is 15.1. The van der Waals surface area contributed by atoms with E-state index in [1.165, 1.54) is 6.07 Å². The Labute approximate surface area is 123 Å². The number of carbonyl (C=O) groups is 2. The number of benzene rings is 1. The lowest BCUT2D eigenvalue weighted by atomic mass is 10.0. The highest BCUT2D eigenvalue weighted by atomic mass is 79.9. The van der Waals surface area contributed by atoms with Crippen molar-refractivity contribution in [1.82, 2.24) is 5.32 Å². The number of anilines is 1. The Morgan fingerprint density at radius 1 is 1.25 bits per heavy atom. The second-order valence-electron chi connectivity index (χ2n) is 5.10. The standard InChI is InChI=1S/C13H13BrF2N2O2/c1-13(2)12(20)18(4-3-11(19)17-13)10-5-7(14)8(15)6-9(10)16/h5-6H,3-4H2,1-2H3,(H,17,19). The smallest absolute Gasteiger partial charge is 0.252 e. The van der Waals surface area contributed by atoms with Gasteiger partial charge in [-0.15, -0.1) is 0 Å². The molecule has 1 aromatic rings. The van der Waals surface area contributed by atoms with Crippen molar-refractivity contribution in [3.8, 4) is 0 Å². The van der Waals surface area contributed by atoms with Crippen LogP contribution in [-0.2, 0) is 9.59 Å². The van der Waals surface area contributed by atoms with Gasteiger partial charge in [0.2, 0.25) is 5.91 Å². The lowest BCUT2D eigenvalue weighted by Crippen LogP contribution is -2.53. The molecule has 108 valence electrons. The molecule has 0 radical (unpaired) electrons. The molecule has 0 unspecified atom stereocenters. The molecular weight excluding hydrogens is 334 g/mol. The monoisotopic (exact) mass is 346 g/mol. The van der Waals surface area contributed by atoms with Crippen molar-refractivity contribution in [3.05, 3.63) is 28.2 Å². The van der Waals surface area contributed by atoms with Crippen LogP contribution in [-0.4, -0.2) is 23.9 Å². The Kier molecular flexibility index (Phi) is 3.82. The molecule has 0 saturated carbocycles. The van der Waals surface area contributed by atoms with Gasteiger partial charge < -0.3 is 10.2 Å². The zero-order valence-corrected chi connectivity index (χ0v) is 12.6. The molecule has 1 aromatic carbocycles. The number of hydrogen-bond donors (Lipinski definition) is 1. The van der Waals surface area contributed by atoms with E-state index in [4.69, 9.17) is 0 Å². The minimum absolute atomic E-state index is 0.0447. The van der Waals surface area contributed by atoms with Crippen LogP contribution in [0.3, 0.4) is 0 Å². The van der Waals surface area contributed by atoms with E-state index in [1.807, 2.05) is 0 Å². The van der Waals surface area contributed by atoms with Crippen LogP contribution in [0.15, 0.2) is 16.6 Å². The first kappa shape index (κ1) is 14.9. The van der Waals surface area contributed by atoms with Crippen molar-refractivity contribution >= 4 is 33.4 Å². The molecule has 1 fully saturated rings. The molecule has 0 bridgehead atoms. The van der Waals surface area contributed by atoms with E-state index >= 15 is 0 Å². The van der Waals surface area contributed by atoms with Crippen LogP contribution in [0, 0.1) is 11.6 Å². The van der Waals surface area contributed by atoms with Gasteiger partial charge in [0.05, 0.1) is 10.2 Å².